The summed E-state index contributed by atoms with van der Waals surface area (Å²) in [6, 6.07) is 7.51. The Morgan fingerprint density at radius 1 is 1.32 bits per heavy atom. The Morgan fingerprint density at radius 2 is 1.95 bits per heavy atom. The second-order valence-corrected chi connectivity index (χ2v) is 5.56. The normalized spacial score (nSPS) is 17.6. The molecule has 2 atom stereocenters. The highest BCUT2D eigenvalue weighted by atomic mass is 16.2. The van der Waals surface area contributed by atoms with E-state index in [-0.39, 0.29) is 12.1 Å². The lowest BCUT2D eigenvalue weighted by atomic mass is 10.1. The molecule has 0 aromatic heterocycles. The second-order valence-electron chi connectivity index (χ2n) is 5.56. The molecule has 1 aliphatic carbocycles. The number of rotatable bonds is 5. The van der Waals surface area contributed by atoms with E-state index in [4.69, 9.17) is 5.73 Å². The van der Waals surface area contributed by atoms with E-state index in [0.29, 0.717) is 5.92 Å². The van der Waals surface area contributed by atoms with Crippen LogP contribution in [0, 0.1) is 11.8 Å². The zero-order chi connectivity index (χ0) is 13.8. The quantitative estimate of drug-likeness (QED) is 0.763. The molecule has 2 unspecified atom stereocenters. The monoisotopic (exact) mass is 261 g/mol. The number of nitrogens with one attached hydrogen (secondary N) is 2. The van der Waals surface area contributed by atoms with Gasteiger partial charge in [0.1, 0.15) is 0 Å². The summed E-state index contributed by atoms with van der Waals surface area (Å²) in [5.74, 6) is 1.39. The Bertz CT molecular complexity index is 424. The number of amides is 2. The van der Waals surface area contributed by atoms with Crippen molar-refractivity contribution in [1.29, 1.82) is 0 Å². The first-order chi connectivity index (χ1) is 9.06. The van der Waals surface area contributed by atoms with E-state index in [1.807, 2.05) is 31.2 Å². The highest BCUT2D eigenvalue weighted by molar-refractivity contribution is 5.89. The fraction of sp³-hybridized carbons (Fsp3) is 0.533. The van der Waals surface area contributed by atoms with Crippen molar-refractivity contribution in [3.63, 3.8) is 0 Å². The Labute approximate surface area is 114 Å². The maximum atomic E-state index is 11.7. The van der Waals surface area contributed by atoms with Gasteiger partial charge in [-0.25, -0.2) is 4.79 Å². The lowest BCUT2D eigenvalue weighted by Gasteiger charge is -2.13. The van der Waals surface area contributed by atoms with E-state index in [1.54, 1.807) is 0 Å². The highest BCUT2D eigenvalue weighted by Crippen LogP contribution is 2.36. The first kappa shape index (κ1) is 13.9. The molecule has 4 N–H and O–H groups in total. The number of nitrogens with two attached hydrogens (primary N) is 1. The largest absolute Gasteiger partial charge is 0.338 e. The van der Waals surface area contributed by atoms with Crippen LogP contribution in [0.4, 0.5) is 10.5 Å². The highest BCUT2D eigenvalue weighted by Gasteiger charge is 2.27. The van der Waals surface area contributed by atoms with E-state index in [1.165, 1.54) is 12.8 Å². The first-order valence-corrected chi connectivity index (χ1v) is 6.96. The van der Waals surface area contributed by atoms with Crippen LogP contribution in [0.1, 0.15) is 38.3 Å². The smallest absolute Gasteiger partial charge is 0.319 e. The van der Waals surface area contributed by atoms with Gasteiger partial charge in [0.25, 0.3) is 0 Å². The third kappa shape index (κ3) is 4.24. The van der Waals surface area contributed by atoms with Gasteiger partial charge in [0.2, 0.25) is 0 Å². The van der Waals surface area contributed by atoms with Crippen LogP contribution in [0.25, 0.3) is 0 Å². The van der Waals surface area contributed by atoms with Crippen molar-refractivity contribution in [2.75, 3.05) is 11.9 Å². The van der Waals surface area contributed by atoms with Gasteiger partial charge in [-0.05, 0) is 49.3 Å². The lowest BCUT2D eigenvalue weighted by Crippen LogP contribution is -2.32. The van der Waals surface area contributed by atoms with Gasteiger partial charge in [0.05, 0.1) is 0 Å². The summed E-state index contributed by atoms with van der Waals surface area (Å²) in [6.45, 7) is 4.87. The molecular weight excluding hydrogens is 238 g/mol. The summed E-state index contributed by atoms with van der Waals surface area (Å²) >= 11 is 0. The zero-order valence-electron chi connectivity index (χ0n) is 11.6. The topological polar surface area (TPSA) is 67.1 Å². The van der Waals surface area contributed by atoms with Crippen LogP contribution in [0.15, 0.2) is 24.3 Å². The van der Waals surface area contributed by atoms with E-state index < -0.39 is 0 Å². The molecule has 1 aromatic carbocycles. The molecule has 4 heteroatoms. The summed E-state index contributed by atoms with van der Waals surface area (Å²) in [5.41, 5.74) is 7.64. The summed E-state index contributed by atoms with van der Waals surface area (Å²) in [7, 11) is 0. The number of benzene rings is 1. The molecule has 0 radical (unpaired) electrons. The molecule has 104 valence electrons. The van der Waals surface area contributed by atoms with Gasteiger partial charge >= 0.3 is 6.03 Å². The fourth-order valence-corrected chi connectivity index (χ4v) is 2.13. The van der Waals surface area contributed by atoms with Crippen molar-refractivity contribution >= 4 is 11.7 Å². The maximum absolute atomic E-state index is 11.7. The summed E-state index contributed by atoms with van der Waals surface area (Å²) in [6.07, 6.45) is 2.62. The third-order valence-corrected chi connectivity index (χ3v) is 3.71. The van der Waals surface area contributed by atoms with Crippen LogP contribution < -0.4 is 16.4 Å². The molecule has 1 aliphatic rings. The van der Waals surface area contributed by atoms with Crippen LogP contribution in [0.5, 0.6) is 0 Å². The van der Waals surface area contributed by atoms with Gasteiger partial charge in [-0.2, -0.15) is 0 Å². The number of hydrogen-bond donors (Lipinski definition) is 3. The number of hydrogen-bond acceptors (Lipinski definition) is 2. The molecule has 2 amide bonds. The molecular formula is C15H23N3O. The molecule has 0 bridgehead atoms. The SMILES string of the molecule is CC(N)c1ccc(NC(=O)NCC(C)C2CC2)cc1. The molecule has 1 fully saturated rings. The number of urea groups is 1. The van der Waals surface area contributed by atoms with Gasteiger partial charge in [-0.1, -0.05) is 19.1 Å². The number of carbonyl (C=O) groups is 1. The molecule has 4 nitrogen and oxygen atoms in total. The molecule has 0 aliphatic heterocycles. The summed E-state index contributed by atoms with van der Waals surface area (Å²) in [5, 5.41) is 5.75. The third-order valence-electron chi connectivity index (χ3n) is 3.71. The molecule has 1 aromatic rings. The average molecular weight is 261 g/mol. The van der Waals surface area contributed by atoms with Crippen molar-refractivity contribution in [3.05, 3.63) is 29.8 Å². The van der Waals surface area contributed by atoms with E-state index in [9.17, 15) is 4.79 Å². The Kier molecular flexibility index (Phi) is 4.43. The van der Waals surface area contributed by atoms with E-state index >= 15 is 0 Å². The average Bonchev–Trinajstić information content (AvgIpc) is 3.21. The van der Waals surface area contributed by atoms with Crippen molar-refractivity contribution in [2.45, 2.75) is 32.7 Å². The van der Waals surface area contributed by atoms with Crippen LogP contribution >= 0.6 is 0 Å². The molecule has 2 rings (SSSR count). The van der Waals surface area contributed by atoms with Crippen LogP contribution in [-0.4, -0.2) is 12.6 Å². The maximum Gasteiger partial charge on any atom is 0.319 e. The first-order valence-electron chi connectivity index (χ1n) is 6.96. The van der Waals surface area contributed by atoms with E-state index in [2.05, 4.69) is 17.6 Å². The minimum absolute atomic E-state index is 0.0160. The van der Waals surface area contributed by atoms with Crippen molar-refractivity contribution in [2.24, 2.45) is 17.6 Å². The van der Waals surface area contributed by atoms with Crippen LogP contribution in [0.2, 0.25) is 0 Å². The molecule has 0 saturated heterocycles. The van der Waals surface area contributed by atoms with Gasteiger partial charge < -0.3 is 16.4 Å². The molecule has 0 spiro atoms. The molecule has 19 heavy (non-hydrogen) atoms. The van der Waals surface area contributed by atoms with E-state index in [0.717, 1.165) is 23.7 Å². The molecule has 1 saturated carbocycles. The predicted octanol–water partition coefficient (Wildman–Crippen LogP) is 2.87. The Hall–Kier alpha value is -1.55. The van der Waals surface area contributed by atoms with Crippen molar-refractivity contribution in [1.82, 2.24) is 5.32 Å². The van der Waals surface area contributed by atoms with Gasteiger partial charge in [0, 0.05) is 18.3 Å². The standard InChI is InChI=1S/C15H23N3O/c1-10(12-3-4-12)9-17-15(19)18-14-7-5-13(6-8-14)11(2)16/h5-8,10-12H,3-4,9,16H2,1-2H3,(H2,17,18,19). The molecule has 0 heterocycles. The Morgan fingerprint density at radius 3 is 2.47 bits per heavy atom. The minimum atomic E-state index is -0.138. The summed E-state index contributed by atoms with van der Waals surface area (Å²) < 4.78 is 0. The van der Waals surface area contributed by atoms with Gasteiger partial charge in [-0.15, -0.1) is 0 Å². The van der Waals surface area contributed by atoms with Crippen molar-refractivity contribution in [3.8, 4) is 0 Å². The van der Waals surface area contributed by atoms with Crippen LogP contribution in [0.3, 0.4) is 0 Å². The number of anilines is 1. The lowest BCUT2D eigenvalue weighted by molar-refractivity contribution is 0.250. The fourth-order valence-electron chi connectivity index (χ4n) is 2.13. The number of carbonyl (C=O) groups excluding carboxylic acids is 1. The van der Waals surface area contributed by atoms with Gasteiger partial charge in [-0.3, -0.25) is 0 Å². The Balaban J connectivity index is 1.77. The minimum Gasteiger partial charge on any atom is -0.338 e. The zero-order valence-corrected chi connectivity index (χ0v) is 11.6. The second kappa shape index (κ2) is 6.06. The van der Waals surface area contributed by atoms with Crippen LogP contribution in [-0.2, 0) is 0 Å². The van der Waals surface area contributed by atoms with Crippen molar-refractivity contribution < 1.29 is 4.79 Å². The summed E-state index contributed by atoms with van der Waals surface area (Å²) in [4.78, 5) is 11.7. The predicted molar refractivity (Wildman–Crippen MR) is 78.0 cm³/mol. The van der Waals surface area contributed by atoms with Gasteiger partial charge in [0.15, 0.2) is 0 Å².